The zero-order chi connectivity index (χ0) is 10.9. The fourth-order valence-electron chi connectivity index (χ4n) is 1.46. The molecule has 0 unspecified atom stereocenters. The maximum atomic E-state index is 11.1. The molecule has 2 N–H and O–H groups in total. The van der Waals surface area contributed by atoms with E-state index in [4.69, 9.17) is 5.73 Å². The normalized spacial score (nSPS) is 11.4. The monoisotopic (exact) mass is 191 g/mol. The van der Waals surface area contributed by atoms with Crippen molar-refractivity contribution in [2.75, 3.05) is 5.73 Å². The quantitative estimate of drug-likeness (QED) is 0.548. The van der Waals surface area contributed by atoms with E-state index in [9.17, 15) is 4.79 Å². The minimum absolute atomic E-state index is 0.0272. The molecule has 2 heteroatoms. The Hall–Kier alpha value is -1.31. The summed E-state index contributed by atoms with van der Waals surface area (Å²) in [4.78, 5) is 11.1. The average Bonchev–Trinajstić information content (AvgIpc) is 2.01. The van der Waals surface area contributed by atoms with Crippen molar-refractivity contribution in [2.24, 2.45) is 0 Å². The molecule has 0 bridgehead atoms. The van der Waals surface area contributed by atoms with Gasteiger partial charge in [-0.15, -0.1) is 0 Å². The fraction of sp³-hybridized carbons (Fsp3) is 0.417. The molecule has 0 saturated heterocycles. The van der Waals surface area contributed by atoms with E-state index < -0.39 is 0 Å². The summed E-state index contributed by atoms with van der Waals surface area (Å²) >= 11 is 0. The molecule has 2 nitrogen and oxygen atoms in total. The van der Waals surface area contributed by atoms with Gasteiger partial charge in [-0.05, 0) is 24.0 Å². The van der Waals surface area contributed by atoms with Crippen molar-refractivity contribution in [1.82, 2.24) is 0 Å². The lowest BCUT2D eigenvalue weighted by atomic mass is 9.85. The standard InChI is InChI=1S/C12H17NO/c1-8(14)9-5-6-10(11(13)7-9)12(2,3)4/h5-7H,13H2,1-4H3. The van der Waals surface area contributed by atoms with Gasteiger partial charge in [0.1, 0.15) is 0 Å². The first-order valence-electron chi connectivity index (χ1n) is 4.73. The lowest BCUT2D eigenvalue weighted by molar-refractivity contribution is 0.101. The minimum Gasteiger partial charge on any atom is -0.398 e. The predicted octanol–water partition coefficient (Wildman–Crippen LogP) is 2.77. The topological polar surface area (TPSA) is 43.1 Å². The van der Waals surface area contributed by atoms with Crippen LogP contribution in [0, 0.1) is 0 Å². The maximum absolute atomic E-state index is 11.1. The van der Waals surface area contributed by atoms with Gasteiger partial charge in [0, 0.05) is 11.3 Å². The second kappa shape index (κ2) is 3.45. The third-order valence-electron chi connectivity index (χ3n) is 2.27. The molecule has 0 heterocycles. The molecular formula is C12H17NO. The van der Waals surface area contributed by atoms with Crippen LogP contribution in [-0.2, 0) is 5.41 Å². The number of hydrogen-bond acceptors (Lipinski definition) is 2. The zero-order valence-corrected chi connectivity index (χ0v) is 9.22. The highest BCUT2D eigenvalue weighted by atomic mass is 16.1. The van der Waals surface area contributed by atoms with Gasteiger partial charge >= 0.3 is 0 Å². The van der Waals surface area contributed by atoms with E-state index in [0.717, 1.165) is 5.56 Å². The van der Waals surface area contributed by atoms with Crippen LogP contribution < -0.4 is 5.73 Å². The van der Waals surface area contributed by atoms with E-state index >= 15 is 0 Å². The molecular weight excluding hydrogens is 174 g/mol. The number of ketones is 1. The Balaban J connectivity index is 3.21. The smallest absolute Gasteiger partial charge is 0.159 e. The van der Waals surface area contributed by atoms with Crippen LogP contribution in [0.2, 0.25) is 0 Å². The number of nitrogen functional groups attached to an aromatic ring is 1. The summed E-state index contributed by atoms with van der Waals surface area (Å²) in [5.74, 6) is 0.0529. The van der Waals surface area contributed by atoms with E-state index in [1.54, 1.807) is 13.0 Å². The van der Waals surface area contributed by atoms with Gasteiger partial charge in [0.25, 0.3) is 0 Å². The van der Waals surface area contributed by atoms with E-state index in [-0.39, 0.29) is 11.2 Å². The Morgan fingerprint density at radius 2 is 1.86 bits per heavy atom. The zero-order valence-electron chi connectivity index (χ0n) is 9.22. The largest absolute Gasteiger partial charge is 0.398 e. The Morgan fingerprint density at radius 3 is 2.21 bits per heavy atom. The van der Waals surface area contributed by atoms with Crippen LogP contribution in [0.1, 0.15) is 43.6 Å². The molecule has 0 amide bonds. The van der Waals surface area contributed by atoms with Gasteiger partial charge in [0.2, 0.25) is 0 Å². The molecule has 0 fully saturated rings. The number of anilines is 1. The van der Waals surface area contributed by atoms with Crippen LogP contribution in [0.3, 0.4) is 0 Å². The maximum Gasteiger partial charge on any atom is 0.159 e. The van der Waals surface area contributed by atoms with E-state index in [0.29, 0.717) is 11.3 Å². The van der Waals surface area contributed by atoms with Crippen LogP contribution in [0.25, 0.3) is 0 Å². The Morgan fingerprint density at radius 1 is 1.29 bits per heavy atom. The van der Waals surface area contributed by atoms with Crippen molar-refractivity contribution in [3.63, 3.8) is 0 Å². The van der Waals surface area contributed by atoms with E-state index in [2.05, 4.69) is 20.8 Å². The first kappa shape index (κ1) is 10.8. The van der Waals surface area contributed by atoms with Gasteiger partial charge in [-0.2, -0.15) is 0 Å². The molecule has 0 spiro atoms. The number of Topliss-reactive ketones (excluding diaryl/α,β-unsaturated/α-hetero) is 1. The lowest BCUT2D eigenvalue weighted by Crippen LogP contribution is -2.14. The Kier molecular flexibility index (Phi) is 2.65. The number of benzene rings is 1. The highest BCUT2D eigenvalue weighted by Crippen LogP contribution is 2.28. The van der Waals surface area contributed by atoms with Crippen molar-refractivity contribution in [1.29, 1.82) is 0 Å². The number of carbonyl (C=O) groups is 1. The van der Waals surface area contributed by atoms with Crippen LogP contribution in [0.15, 0.2) is 18.2 Å². The van der Waals surface area contributed by atoms with E-state index in [1.807, 2.05) is 12.1 Å². The SMILES string of the molecule is CC(=O)c1ccc(C(C)(C)C)c(N)c1. The Labute approximate surface area is 85.1 Å². The summed E-state index contributed by atoms with van der Waals surface area (Å²) in [5, 5.41) is 0. The summed E-state index contributed by atoms with van der Waals surface area (Å²) in [6, 6.07) is 5.52. The number of carbonyl (C=O) groups excluding carboxylic acids is 1. The minimum atomic E-state index is 0.0272. The van der Waals surface area contributed by atoms with Crippen molar-refractivity contribution in [3.8, 4) is 0 Å². The average molecular weight is 191 g/mol. The first-order valence-corrected chi connectivity index (χ1v) is 4.73. The molecule has 1 rings (SSSR count). The van der Waals surface area contributed by atoms with Gasteiger partial charge in [0.15, 0.2) is 5.78 Å². The molecule has 0 aliphatic rings. The van der Waals surface area contributed by atoms with Gasteiger partial charge < -0.3 is 5.73 Å². The molecule has 1 aromatic rings. The van der Waals surface area contributed by atoms with Crippen LogP contribution >= 0.6 is 0 Å². The van der Waals surface area contributed by atoms with Gasteiger partial charge in [-0.3, -0.25) is 4.79 Å². The summed E-state index contributed by atoms with van der Waals surface area (Å²) in [6.45, 7) is 7.86. The third kappa shape index (κ3) is 2.13. The highest BCUT2D eigenvalue weighted by molar-refractivity contribution is 5.95. The number of rotatable bonds is 1. The van der Waals surface area contributed by atoms with Crippen LogP contribution in [-0.4, -0.2) is 5.78 Å². The van der Waals surface area contributed by atoms with Crippen molar-refractivity contribution < 1.29 is 4.79 Å². The summed E-state index contributed by atoms with van der Waals surface area (Å²) in [6.07, 6.45) is 0. The molecule has 76 valence electrons. The third-order valence-corrected chi connectivity index (χ3v) is 2.27. The molecule has 0 saturated carbocycles. The molecule has 0 radical (unpaired) electrons. The van der Waals surface area contributed by atoms with Gasteiger partial charge in [-0.25, -0.2) is 0 Å². The first-order chi connectivity index (χ1) is 6.32. The van der Waals surface area contributed by atoms with Crippen LogP contribution in [0.5, 0.6) is 0 Å². The molecule has 0 atom stereocenters. The summed E-state index contributed by atoms with van der Waals surface area (Å²) < 4.78 is 0. The van der Waals surface area contributed by atoms with E-state index in [1.165, 1.54) is 0 Å². The van der Waals surface area contributed by atoms with Crippen LogP contribution in [0.4, 0.5) is 5.69 Å². The summed E-state index contributed by atoms with van der Waals surface area (Å²) in [7, 11) is 0. The number of hydrogen-bond donors (Lipinski definition) is 1. The molecule has 0 aliphatic carbocycles. The van der Waals surface area contributed by atoms with Crippen molar-refractivity contribution >= 4 is 11.5 Å². The molecule has 1 aromatic carbocycles. The molecule has 14 heavy (non-hydrogen) atoms. The fourth-order valence-corrected chi connectivity index (χ4v) is 1.46. The number of nitrogens with two attached hydrogens (primary N) is 1. The Bertz CT molecular complexity index is 361. The van der Waals surface area contributed by atoms with Crippen molar-refractivity contribution in [3.05, 3.63) is 29.3 Å². The lowest BCUT2D eigenvalue weighted by Gasteiger charge is -2.21. The molecule has 0 aliphatic heterocycles. The predicted molar refractivity (Wildman–Crippen MR) is 59.6 cm³/mol. The summed E-state index contributed by atoms with van der Waals surface area (Å²) in [5.41, 5.74) is 8.38. The molecule has 0 aromatic heterocycles. The highest BCUT2D eigenvalue weighted by Gasteiger charge is 2.17. The van der Waals surface area contributed by atoms with Crippen molar-refractivity contribution in [2.45, 2.75) is 33.1 Å². The second-order valence-electron chi connectivity index (χ2n) is 4.61. The van der Waals surface area contributed by atoms with Gasteiger partial charge in [-0.1, -0.05) is 32.9 Å². The van der Waals surface area contributed by atoms with Gasteiger partial charge in [0.05, 0.1) is 0 Å². The second-order valence-corrected chi connectivity index (χ2v) is 4.61.